The van der Waals surface area contributed by atoms with E-state index in [0.717, 1.165) is 11.5 Å². The van der Waals surface area contributed by atoms with Crippen LogP contribution in [-0.4, -0.2) is 29.0 Å². The highest BCUT2D eigenvalue weighted by Crippen LogP contribution is 2.36. The quantitative estimate of drug-likeness (QED) is 0.888. The number of anilines is 1. The zero-order valence-corrected chi connectivity index (χ0v) is 13.3. The van der Waals surface area contributed by atoms with Crippen LogP contribution in [0, 0.1) is 0 Å². The van der Waals surface area contributed by atoms with Gasteiger partial charge in [-0.2, -0.15) is 5.10 Å². The van der Waals surface area contributed by atoms with Crippen LogP contribution in [0.2, 0.25) is 5.02 Å². The molecule has 0 bridgehead atoms. The Balaban J connectivity index is 2.21. The van der Waals surface area contributed by atoms with E-state index >= 15 is 0 Å². The standard InChI is InChI=1S/C14H19ClN4O2/c1-9(2)19-14(17-8-18-19)7-16-11-6-12(20-3)10(15)5-13(11)21-4/h5-6,8-9,16H,7H2,1-4H3. The van der Waals surface area contributed by atoms with Crippen LogP contribution in [0.1, 0.15) is 25.7 Å². The molecule has 1 aromatic heterocycles. The summed E-state index contributed by atoms with van der Waals surface area (Å²) in [6.45, 7) is 4.65. The summed E-state index contributed by atoms with van der Waals surface area (Å²) in [4.78, 5) is 4.26. The molecule has 21 heavy (non-hydrogen) atoms. The van der Waals surface area contributed by atoms with E-state index in [0.29, 0.717) is 23.1 Å². The maximum atomic E-state index is 6.09. The highest BCUT2D eigenvalue weighted by molar-refractivity contribution is 6.32. The molecule has 0 atom stereocenters. The highest BCUT2D eigenvalue weighted by Gasteiger charge is 2.12. The van der Waals surface area contributed by atoms with Crippen LogP contribution in [0.4, 0.5) is 5.69 Å². The lowest BCUT2D eigenvalue weighted by atomic mass is 10.2. The molecule has 1 N–H and O–H groups in total. The van der Waals surface area contributed by atoms with Gasteiger partial charge in [0.25, 0.3) is 0 Å². The van der Waals surface area contributed by atoms with Crippen molar-refractivity contribution in [3.8, 4) is 11.5 Å². The number of rotatable bonds is 6. The molecule has 0 saturated heterocycles. The molecule has 1 aromatic carbocycles. The van der Waals surface area contributed by atoms with E-state index in [1.54, 1.807) is 32.7 Å². The molecule has 0 aliphatic carbocycles. The van der Waals surface area contributed by atoms with Crippen molar-refractivity contribution in [1.29, 1.82) is 0 Å². The van der Waals surface area contributed by atoms with Gasteiger partial charge in [-0.05, 0) is 13.8 Å². The normalized spacial score (nSPS) is 10.8. The van der Waals surface area contributed by atoms with E-state index in [1.807, 2.05) is 4.68 Å². The van der Waals surface area contributed by atoms with Gasteiger partial charge in [-0.1, -0.05) is 11.6 Å². The lowest BCUT2D eigenvalue weighted by Crippen LogP contribution is -2.12. The van der Waals surface area contributed by atoms with Crippen molar-refractivity contribution >= 4 is 17.3 Å². The van der Waals surface area contributed by atoms with Gasteiger partial charge >= 0.3 is 0 Å². The van der Waals surface area contributed by atoms with E-state index in [2.05, 4.69) is 29.2 Å². The molecule has 0 saturated carbocycles. The van der Waals surface area contributed by atoms with Crippen molar-refractivity contribution < 1.29 is 9.47 Å². The topological polar surface area (TPSA) is 61.2 Å². The van der Waals surface area contributed by atoms with Gasteiger partial charge < -0.3 is 14.8 Å². The minimum Gasteiger partial charge on any atom is -0.495 e. The van der Waals surface area contributed by atoms with E-state index in [-0.39, 0.29) is 6.04 Å². The second-order valence-corrected chi connectivity index (χ2v) is 5.16. The molecule has 0 aliphatic heterocycles. The van der Waals surface area contributed by atoms with Crippen LogP contribution in [0.3, 0.4) is 0 Å². The molecule has 6 nitrogen and oxygen atoms in total. The minimum absolute atomic E-state index is 0.256. The number of hydrogen-bond donors (Lipinski definition) is 1. The molecule has 0 amide bonds. The average molecular weight is 311 g/mol. The summed E-state index contributed by atoms with van der Waals surface area (Å²) in [5.41, 5.74) is 0.789. The van der Waals surface area contributed by atoms with E-state index in [9.17, 15) is 0 Å². The molecule has 0 radical (unpaired) electrons. The Morgan fingerprint density at radius 2 is 1.95 bits per heavy atom. The van der Waals surface area contributed by atoms with Crippen LogP contribution >= 0.6 is 11.6 Å². The molecule has 0 fully saturated rings. The van der Waals surface area contributed by atoms with Gasteiger partial charge in [0.15, 0.2) is 0 Å². The summed E-state index contributed by atoms with van der Waals surface area (Å²) in [5.74, 6) is 2.09. The number of methoxy groups -OCH3 is 2. The van der Waals surface area contributed by atoms with Gasteiger partial charge in [-0.25, -0.2) is 9.67 Å². The van der Waals surface area contributed by atoms with Gasteiger partial charge in [0.1, 0.15) is 23.7 Å². The number of hydrogen-bond acceptors (Lipinski definition) is 5. The van der Waals surface area contributed by atoms with Gasteiger partial charge in [0.2, 0.25) is 0 Å². The molecule has 2 aromatic rings. The summed E-state index contributed by atoms with van der Waals surface area (Å²) >= 11 is 6.09. The summed E-state index contributed by atoms with van der Waals surface area (Å²) < 4.78 is 12.4. The van der Waals surface area contributed by atoms with Crippen LogP contribution in [0.15, 0.2) is 18.5 Å². The number of benzene rings is 1. The average Bonchev–Trinajstić information content (AvgIpc) is 2.94. The number of nitrogens with one attached hydrogen (secondary N) is 1. The molecule has 114 valence electrons. The van der Waals surface area contributed by atoms with Crippen LogP contribution in [0.25, 0.3) is 0 Å². The van der Waals surface area contributed by atoms with Gasteiger partial charge in [0, 0.05) is 18.2 Å². The Bertz CT molecular complexity index is 613. The first kappa shape index (κ1) is 15.4. The Morgan fingerprint density at radius 3 is 2.57 bits per heavy atom. The number of aromatic nitrogens is 3. The van der Waals surface area contributed by atoms with Gasteiger partial charge in [0.05, 0.1) is 31.5 Å². The molecule has 0 unspecified atom stereocenters. The first-order chi connectivity index (χ1) is 10.1. The second-order valence-electron chi connectivity index (χ2n) is 4.76. The van der Waals surface area contributed by atoms with Crippen molar-refractivity contribution in [2.45, 2.75) is 26.4 Å². The van der Waals surface area contributed by atoms with E-state index in [1.165, 1.54) is 0 Å². The fourth-order valence-electron chi connectivity index (χ4n) is 2.00. The molecular weight excluding hydrogens is 292 g/mol. The first-order valence-corrected chi connectivity index (χ1v) is 6.98. The fraction of sp³-hybridized carbons (Fsp3) is 0.429. The van der Waals surface area contributed by atoms with Crippen molar-refractivity contribution in [2.75, 3.05) is 19.5 Å². The summed E-state index contributed by atoms with van der Waals surface area (Å²) in [6, 6.07) is 3.78. The zero-order chi connectivity index (χ0) is 15.4. The van der Waals surface area contributed by atoms with Gasteiger partial charge in [-0.3, -0.25) is 0 Å². The van der Waals surface area contributed by atoms with E-state index < -0.39 is 0 Å². The SMILES string of the molecule is COc1cc(NCc2ncnn2C(C)C)c(OC)cc1Cl. The third kappa shape index (κ3) is 3.39. The fourth-order valence-corrected chi connectivity index (χ4v) is 2.24. The number of ether oxygens (including phenoxy) is 2. The van der Waals surface area contributed by atoms with E-state index in [4.69, 9.17) is 21.1 Å². The maximum Gasteiger partial charge on any atom is 0.146 e. The van der Waals surface area contributed by atoms with Crippen molar-refractivity contribution in [2.24, 2.45) is 0 Å². The van der Waals surface area contributed by atoms with Crippen molar-refractivity contribution in [1.82, 2.24) is 14.8 Å². The third-order valence-electron chi connectivity index (χ3n) is 3.05. The second kappa shape index (κ2) is 6.67. The van der Waals surface area contributed by atoms with Crippen LogP contribution < -0.4 is 14.8 Å². The summed E-state index contributed by atoms with van der Waals surface area (Å²) in [7, 11) is 3.17. The lowest BCUT2D eigenvalue weighted by molar-refractivity contribution is 0.404. The molecule has 2 rings (SSSR count). The third-order valence-corrected chi connectivity index (χ3v) is 3.34. The van der Waals surface area contributed by atoms with Crippen LogP contribution in [-0.2, 0) is 6.54 Å². The largest absolute Gasteiger partial charge is 0.495 e. The highest BCUT2D eigenvalue weighted by atomic mass is 35.5. The Labute approximate surface area is 129 Å². The summed E-state index contributed by atoms with van der Waals surface area (Å²) in [5, 5.41) is 7.99. The number of nitrogens with zero attached hydrogens (tertiary/aromatic N) is 3. The minimum atomic E-state index is 0.256. The molecule has 1 heterocycles. The van der Waals surface area contributed by atoms with Crippen molar-refractivity contribution in [3.05, 3.63) is 29.3 Å². The van der Waals surface area contributed by atoms with Crippen molar-refractivity contribution in [3.63, 3.8) is 0 Å². The Hall–Kier alpha value is -1.95. The smallest absolute Gasteiger partial charge is 0.146 e. The Morgan fingerprint density at radius 1 is 1.24 bits per heavy atom. The molecule has 0 aliphatic rings. The Kier molecular flexibility index (Phi) is 4.90. The molecule has 7 heteroatoms. The van der Waals surface area contributed by atoms with Crippen LogP contribution in [0.5, 0.6) is 11.5 Å². The van der Waals surface area contributed by atoms with Gasteiger partial charge in [-0.15, -0.1) is 0 Å². The molecule has 0 spiro atoms. The summed E-state index contributed by atoms with van der Waals surface area (Å²) in [6.07, 6.45) is 1.55. The lowest BCUT2D eigenvalue weighted by Gasteiger charge is -2.15. The first-order valence-electron chi connectivity index (χ1n) is 6.60. The maximum absolute atomic E-state index is 6.09. The number of halogens is 1. The zero-order valence-electron chi connectivity index (χ0n) is 12.6. The monoisotopic (exact) mass is 310 g/mol. The predicted molar refractivity (Wildman–Crippen MR) is 82.3 cm³/mol. The molecular formula is C14H19ClN4O2. The predicted octanol–water partition coefficient (Wildman–Crippen LogP) is 3.14.